The summed E-state index contributed by atoms with van der Waals surface area (Å²) in [5, 5.41) is 9.22. The summed E-state index contributed by atoms with van der Waals surface area (Å²) in [6.45, 7) is 7.86. The van der Waals surface area contributed by atoms with Gasteiger partial charge in [-0.25, -0.2) is 9.36 Å². The zero-order valence-corrected chi connectivity index (χ0v) is 27.0. The van der Waals surface area contributed by atoms with Crippen molar-refractivity contribution in [2.75, 3.05) is 52.3 Å². The lowest BCUT2D eigenvalue weighted by Crippen LogP contribution is -2.11. The predicted octanol–water partition coefficient (Wildman–Crippen LogP) is 6.40. The van der Waals surface area contributed by atoms with Gasteiger partial charge in [-0.15, -0.1) is 0 Å². The Bertz CT molecular complexity index is 1430. The topological polar surface area (TPSA) is 140 Å². The summed E-state index contributed by atoms with van der Waals surface area (Å²) < 4.78 is 36.5. The van der Waals surface area contributed by atoms with Gasteiger partial charge < -0.3 is 25.5 Å². The molecule has 0 amide bonds. The fourth-order valence-corrected chi connectivity index (χ4v) is 4.92. The van der Waals surface area contributed by atoms with E-state index < -0.39 is 14.9 Å². The largest absolute Gasteiger partial charge is 0.398 e. The molecule has 226 valence electrons. The number of halogens is 1. The van der Waals surface area contributed by atoms with Gasteiger partial charge in [0.05, 0.1) is 37.0 Å². The second-order valence-electron chi connectivity index (χ2n) is 9.06. The molecule has 0 aliphatic rings. The minimum absolute atomic E-state index is 0. The van der Waals surface area contributed by atoms with Gasteiger partial charge in [0, 0.05) is 58.0 Å². The molecule has 0 saturated carbocycles. The first-order chi connectivity index (χ1) is 18.3. The third kappa shape index (κ3) is 12.5. The molecule has 13 heteroatoms. The van der Waals surface area contributed by atoms with Crippen LogP contribution in [-0.2, 0) is 31.8 Å². The first-order valence-electron chi connectivity index (χ1n) is 11.8. The van der Waals surface area contributed by atoms with Gasteiger partial charge >= 0.3 is 7.80 Å². The number of hydrogen-bond acceptors (Lipinski definition) is 8. The molecule has 4 rings (SSSR count). The zero-order valence-electron chi connectivity index (χ0n) is 23.0. The zero-order chi connectivity index (χ0) is 29.2. The number of nitrogens with zero attached hydrogens (tertiary/aromatic N) is 4. The second-order valence-corrected chi connectivity index (χ2v) is 15.0. The fraction of sp³-hybridized carbons (Fsp3) is 0.357. The number of methoxy groups -OCH3 is 2. The van der Waals surface area contributed by atoms with Crippen molar-refractivity contribution in [1.29, 1.82) is 0 Å². The third-order valence-electron chi connectivity index (χ3n) is 5.00. The normalized spacial score (nSPS) is 10.2. The Balaban J connectivity index is 0.000000668. The Morgan fingerprint density at radius 3 is 1.66 bits per heavy atom. The lowest BCUT2D eigenvalue weighted by molar-refractivity contribution is 0.185. The molecule has 0 aliphatic carbocycles. The lowest BCUT2D eigenvalue weighted by atomic mass is 10.3. The molecule has 10 nitrogen and oxygen atoms in total. The quantitative estimate of drug-likeness (QED) is 0.127. The standard InChI is InChI=1S/C13H18N3O2P.C11H12IN3O.C2H6OP.2CH4/c1-18-9-10-7-15-16(8-10)11-4-5-12(14)13(6-11)19(2,3)17;1-16-7-8-5-14-15(6-8)9-2-3-11(13)10(12)4-9;1-4(2)3;;/h4-8H,9,14H2,1-3H3;2-6H,7,13H2,1H3;1-2H3;2*1H4/q;;+1;;. The van der Waals surface area contributed by atoms with Gasteiger partial charge in [0.1, 0.15) is 20.5 Å². The summed E-state index contributed by atoms with van der Waals surface area (Å²) >= 11 is 2.21. The van der Waals surface area contributed by atoms with Crippen LogP contribution in [0.15, 0.2) is 61.2 Å². The van der Waals surface area contributed by atoms with Gasteiger partial charge in [0.15, 0.2) is 0 Å². The van der Waals surface area contributed by atoms with E-state index in [9.17, 15) is 9.13 Å². The van der Waals surface area contributed by atoms with Crippen LogP contribution in [-0.4, -0.2) is 60.4 Å². The van der Waals surface area contributed by atoms with Crippen LogP contribution in [0.4, 0.5) is 11.4 Å². The molecule has 2 aromatic carbocycles. The number of hydrogen-bond donors (Lipinski definition) is 2. The van der Waals surface area contributed by atoms with Crippen molar-refractivity contribution in [3.8, 4) is 11.4 Å². The SMILES string of the molecule is C.C.COCc1cnn(-c2ccc(N)c(I)c2)c1.COCc1cnn(-c2ccc(N)c(P(C)(C)=O)c2)c1.C[P+](C)=O. The summed E-state index contributed by atoms with van der Waals surface area (Å²) in [5.41, 5.74) is 16.9. The van der Waals surface area contributed by atoms with Gasteiger partial charge in [0.25, 0.3) is 0 Å². The van der Waals surface area contributed by atoms with E-state index in [-0.39, 0.29) is 14.9 Å². The molecule has 2 heterocycles. The monoisotopic (exact) mass is 717 g/mol. The fourth-order valence-electron chi connectivity index (χ4n) is 3.28. The van der Waals surface area contributed by atoms with E-state index in [1.807, 2.05) is 47.4 Å². The average Bonchev–Trinajstić information content (AvgIpc) is 3.51. The Hall–Kier alpha value is -2.56. The van der Waals surface area contributed by atoms with Crippen LogP contribution in [0.1, 0.15) is 26.0 Å². The van der Waals surface area contributed by atoms with Crippen molar-refractivity contribution < 1.29 is 18.6 Å². The summed E-state index contributed by atoms with van der Waals surface area (Å²) in [7, 11) is 0.0419. The number of rotatable bonds is 7. The number of ether oxygens (including phenoxy) is 2. The molecule has 0 bridgehead atoms. The van der Waals surface area contributed by atoms with E-state index in [0.717, 1.165) is 31.8 Å². The van der Waals surface area contributed by atoms with Crippen molar-refractivity contribution >= 4 is 54.2 Å². The Labute approximate surface area is 259 Å². The smallest absolute Gasteiger partial charge is 0.332 e. The molecule has 0 radical (unpaired) electrons. The maximum Gasteiger partial charge on any atom is 0.332 e. The molecule has 41 heavy (non-hydrogen) atoms. The molecule has 2 aromatic heterocycles. The number of anilines is 2. The number of nitrogen functional groups attached to an aromatic ring is 2. The Morgan fingerprint density at radius 2 is 1.27 bits per heavy atom. The number of benzene rings is 2. The van der Waals surface area contributed by atoms with E-state index in [1.54, 1.807) is 64.0 Å². The van der Waals surface area contributed by atoms with E-state index in [0.29, 0.717) is 24.2 Å². The average molecular weight is 718 g/mol. The highest BCUT2D eigenvalue weighted by molar-refractivity contribution is 14.1. The molecule has 4 N–H and O–H groups in total. The third-order valence-corrected chi connectivity index (χ3v) is 7.48. The number of aromatic nitrogens is 4. The van der Waals surface area contributed by atoms with Crippen LogP contribution in [0, 0.1) is 3.57 Å². The predicted molar refractivity (Wildman–Crippen MR) is 182 cm³/mol. The summed E-state index contributed by atoms with van der Waals surface area (Å²) in [5.74, 6) is 0. The molecular formula is C28H44IN6O4P2+. The van der Waals surface area contributed by atoms with Gasteiger partial charge in [-0.1, -0.05) is 19.4 Å². The molecule has 0 unspecified atom stereocenters. The van der Waals surface area contributed by atoms with Crippen LogP contribution in [0.2, 0.25) is 0 Å². The van der Waals surface area contributed by atoms with Crippen LogP contribution >= 0.6 is 37.5 Å². The van der Waals surface area contributed by atoms with Crippen LogP contribution in [0.5, 0.6) is 0 Å². The maximum absolute atomic E-state index is 12.2. The Morgan fingerprint density at radius 1 is 0.854 bits per heavy atom. The van der Waals surface area contributed by atoms with Crippen molar-refractivity contribution in [3.63, 3.8) is 0 Å². The van der Waals surface area contributed by atoms with Gasteiger partial charge in [-0.2, -0.15) is 10.2 Å². The van der Waals surface area contributed by atoms with Gasteiger partial charge in [0.2, 0.25) is 0 Å². The first-order valence-corrected chi connectivity index (χ1v) is 17.6. The van der Waals surface area contributed by atoms with E-state index in [1.165, 1.54) is 0 Å². The van der Waals surface area contributed by atoms with E-state index in [2.05, 4.69) is 32.8 Å². The van der Waals surface area contributed by atoms with Crippen LogP contribution in [0.25, 0.3) is 11.4 Å². The molecule has 4 aromatic rings. The molecular weight excluding hydrogens is 673 g/mol. The van der Waals surface area contributed by atoms with Crippen molar-refractivity contribution in [3.05, 3.63) is 75.9 Å². The first kappa shape index (κ1) is 38.4. The molecule has 0 fully saturated rings. The highest BCUT2D eigenvalue weighted by Crippen LogP contribution is 2.37. The van der Waals surface area contributed by atoms with Gasteiger partial charge in [-0.05, 0) is 72.3 Å². The van der Waals surface area contributed by atoms with Crippen LogP contribution < -0.4 is 16.8 Å². The molecule has 0 atom stereocenters. The van der Waals surface area contributed by atoms with E-state index >= 15 is 0 Å². The minimum Gasteiger partial charge on any atom is -0.398 e. The minimum atomic E-state index is -2.40. The Kier molecular flexibility index (Phi) is 16.9. The molecule has 0 aliphatic heterocycles. The summed E-state index contributed by atoms with van der Waals surface area (Å²) in [6, 6.07) is 11.3. The van der Waals surface area contributed by atoms with Crippen molar-refractivity contribution in [2.45, 2.75) is 28.1 Å². The lowest BCUT2D eigenvalue weighted by Gasteiger charge is -2.12. The van der Waals surface area contributed by atoms with Crippen molar-refractivity contribution in [2.24, 2.45) is 0 Å². The van der Waals surface area contributed by atoms with Crippen LogP contribution in [0.3, 0.4) is 0 Å². The second kappa shape index (κ2) is 18.1. The molecule has 0 spiro atoms. The maximum atomic E-state index is 12.2. The van der Waals surface area contributed by atoms with Gasteiger partial charge in [-0.3, -0.25) is 0 Å². The van der Waals surface area contributed by atoms with E-state index in [4.69, 9.17) is 20.9 Å². The van der Waals surface area contributed by atoms with Crippen molar-refractivity contribution in [1.82, 2.24) is 19.6 Å². The highest BCUT2D eigenvalue weighted by Gasteiger charge is 2.16. The highest BCUT2D eigenvalue weighted by atomic mass is 127. The summed E-state index contributed by atoms with van der Waals surface area (Å²) in [4.78, 5) is 0. The summed E-state index contributed by atoms with van der Waals surface area (Å²) in [6.07, 6.45) is 7.38. The molecule has 0 saturated heterocycles. The number of nitrogens with two attached hydrogens (primary N) is 2.